The van der Waals surface area contributed by atoms with Crippen molar-refractivity contribution < 1.29 is 0 Å². The second-order valence-electron chi connectivity index (χ2n) is 6.24. The molecule has 27 heavy (non-hydrogen) atoms. The average molecular weight is 433 g/mol. The SMILES string of the molecule is CCCCn1c(N/N=C\c2ccc(Br)cc2)nc2c1c(=O)n(C)c(=O)n2C. The van der Waals surface area contributed by atoms with Gasteiger partial charge in [-0.2, -0.15) is 10.1 Å². The highest BCUT2D eigenvalue weighted by molar-refractivity contribution is 9.10. The van der Waals surface area contributed by atoms with Crippen molar-refractivity contribution in [2.24, 2.45) is 19.2 Å². The number of hydrogen-bond acceptors (Lipinski definition) is 5. The predicted molar refractivity (Wildman–Crippen MR) is 110 cm³/mol. The van der Waals surface area contributed by atoms with E-state index in [-0.39, 0.29) is 5.56 Å². The number of unbranched alkanes of at least 4 members (excludes halogenated alkanes) is 1. The van der Waals surface area contributed by atoms with Crippen LogP contribution in [-0.4, -0.2) is 24.9 Å². The summed E-state index contributed by atoms with van der Waals surface area (Å²) in [5.74, 6) is 0.435. The first-order valence-corrected chi connectivity index (χ1v) is 9.44. The van der Waals surface area contributed by atoms with Crippen LogP contribution in [0.5, 0.6) is 0 Å². The Morgan fingerprint density at radius 1 is 1.19 bits per heavy atom. The number of imidazole rings is 1. The Hall–Kier alpha value is -2.68. The summed E-state index contributed by atoms with van der Waals surface area (Å²) in [6.45, 7) is 2.68. The maximum absolute atomic E-state index is 12.6. The van der Waals surface area contributed by atoms with Crippen molar-refractivity contribution in [1.29, 1.82) is 0 Å². The topological polar surface area (TPSA) is 86.2 Å². The van der Waals surface area contributed by atoms with Gasteiger partial charge in [-0.05, 0) is 24.1 Å². The van der Waals surface area contributed by atoms with Gasteiger partial charge in [-0.25, -0.2) is 10.2 Å². The van der Waals surface area contributed by atoms with Gasteiger partial charge < -0.3 is 4.57 Å². The summed E-state index contributed by atoms with van der Waals surface area (Å²) in [6.07, 6.45) is 3.52. The lowest BCUT2D eigenvalue weighted by atomic mass is 10.2. The van der Waals surface area contributed by atoms with E-state index in [0.717, 1.165) is 27.4 Å². The molecule has 0 aliphatic carbocycles. The lowest BCUT2D eigenvalue weighted by Gasteiger charge is -2.08. The van der Waals surface area contributed by atoms with Crippen molar-refractivity contribution in [2.75, 3.05) is 5.43 Å². The molecule has 2 heterocycles. The summed E-state index contributed by atoms with van der Waals surface area (Å²) in [6, 6.07) is 7.71. The van der Waals surface area contributed by atoms with Crippen LogP contribution < -0.4 is 16.7 Å². The molecule has 1 aromatic carbocycles. The minimum absolute atomic E-state index is 0.348. The minimum Gasteiger partial charge on any atom is -0.303 e. The zero-order valence-electron chi connectivity index (χ0n) is 15.4. The molecule has 0 aliphatic rings. The molecule has 0 saturated heterocycles. The minimum atomic E-state index is -0.405. The van der Waals surface area contributed by atoms with Gasteiger partial charge in [0.2, 0.25) is 5.95 Å². The molecular formula is C18H21BrN6O2. The zero-order valence-corrected chi connectivity index (χ0v) is 17.0. The molecule has 0 atom stereocenters. The third-order valence-corrected chi connectivity index (χ3v) is 4.86. The number of nitrogens with one attached hydrogen (secondary N) is 1. The molecular weight excluding hydrogens is 412 g/mol. The molecule has 0 saturated carbocycles. The number of nitrogens with zero attached hydrogens (tertiary/aromatic N) is 5. The van der Waals surface area contributed by atoms with Crippen LogP contribution in [-0.2, 0) is 20.6 Å². The number of benzene rings is 1. The molecule has 0 spiro atoms. The maximum atomic E-state index is 12.6. The molecule has 0 fully saturated rings. The average Bonchev–Trinajstić information content (AvgIpc) is 3.03. The highest BCUT2D eigenvalue weighted by atomic mass is 79.9. The van der Waals surface area contributed by atoms with Gasteiger partial charge in [-0.1, -0.05) is 41.4 Å². The lowest BCUT2D eigenvalue weighted by Crippen LogP contribution is -2.37. The number of rotatable bonds is 6. The van der Waals surface area contributed by atoms with E-state index >= 15 is 0 Å². The maximum Gasteiger partial charge on any atom is 0.332 e. The first kappa shape index (κ1) is 19.1. The number of aromatic nitrogens is 4. The van der Waals surface area contributed by atoms with Crippen molar-refractivity contribution in [3.05, 3.63) is 55.1 Å². The lowest BCUT2D eigenvalue weighted by molar-refractivity contribution is 0.641. The van der Waals surface area contributed by atoms with Gasteiger partial charge in [-0.3, -0.25) is 13.9 Å². The van der Waals surface area contributed by atoms with E-state index in [4.69, 9.17) is 0 Å². The van der Waals surface area contributed by atoms with Crippen LogP contribution in [0.2, 0.25) is 0 Å². The number of halogens is 1. The van der Waals surface area contributed by atoms with E-state index in [0.29, 0.717) is 23.7 Å². The van der Waals surface area contributed by atoms with Crippen molar-refractivity contribution >= 4 is 39.3 Å². The molecule has 0 amide bonds. The normalized spacial score (nSPS) is 11.6. The number of anilines is 1. The molecule has 0 unspecified atom stereocenters. The quantitative estimate of drug-likeness (QED) is 0.478. The van der Waals surface area contributed by atoms with E-state index in [9.17, 15) is 9.59 Å². The van der Waals surface area contributed by atoms with Gasteiger partial charge >= 0.3 is 5.69 Å². The second-order valence-corrected chi connectivity index (χ2v) is 7.16. The Kier molecular flexibility index (Phi) is 5.59. The van der Waals surface area contributed by atoms with Gasteiger partial charge in [-0.15, -0.1) is 0 Å². The van der Waals surface area contributed by atoms with E-state index in [1.807, 2.05) is 24.3 Å². The van der Waals surface area contributed by atoms with Gasteiger partial charge in [0.15, 0.2) is 11.2 Å². The molecule has 2 aromatic heterocycles. The monoisotopic (exact) mass is 432 g/mol. The standard InChI is InChI=1S/C18H21BrN6O2/c1-4-5-10-25-14-15(23(2)18(27)24(3)16(14)26)21-17(25)22-20-11-12-6-8-13(19)9-7-12/h6-9,11H,4-5,10H2,1-3H3,(H,21,22)/b20-11-. The van der Waals surface area contributed by atoms with Crippen molar-refractivity contribution in [2.45, 2.75) is 26.3 Å². The van der Waals surface area contributed by atoms with Crippen LogP contribution in [0.4, 0.5) is 5.95 Å². The molecule has 8 nitrogen and oxygen atoms in total. The number of aryl methyl sites for hydroxylation is 2. The Bertz CT molecular complexity index is 1110. The highest BCUT2D eigenvalue weighted by Gasteiger charge is 2.18. The molecule has 0 radical (unpaired) electrons. The van der Waals surface area contributed by atoms with Crippen molar-refractivity contribution in [3.8, 4) is 0 Å². The van der Waals surface area contributed by atoms with Crippen LogP contribution in [0.25, 0.3) is 11.2 Å². The largest absolute Gasteiger partial charge is 0.332 e. The van der Waals surface area contributed by atoms with E-state index in [1.165, 1.54) is 11.6 Å². The summed E-state index contributed by atoms with van der Waals surface area (Å²) in [5, 5.41) is 4.24. The number of fused-ring (bicyclic) bond motifs is 1. The number of hydrogen-bond donors (Lipinski definition) is 1. The highest BCUT2D eigenvalue weighted by Crippen LogP contribution is 2.17. The molecule has 0 aliphatic heterocycles. The number of hydrazone groups is 1. The Labute approximate surface area is 164 Å². The van der Waals surface area contributed by atoms with E-state index in [2.05, 4.69) is 38.4 Å². The summed E-state index contributed by atoms with van der Waals surface area (Å²) in [4.78, 5) is 29.3. The second kappa shape index (κ2) is 7.91. The summed E-state index contributed by atoms with van der Waals surface area (Å²) >= 11 is 3.40. The fourth-order valence-corrected chi connectivity index (χ4v) is 3.04. The van der Waals surface area contributed by atoms with Gasteiger partial charge in [0.05, 0.1) is 6.21 Å². The fourth-order valence-electron chi connectivity index (χ4n) is 2.78. The van der Waals surface area contributed by atoms with Crippen molar-refractivity contribution in [3.63, 3.8) is 0 Å². The summed E-state index contributed by atoms with van der Waals surface area (Å²) in [7, 11) is 3.08. The Balaban J connectivity index is 2.04. The molecule has 142 valence electrons. The van der Waals surface area contributed by atoms with E-state index in [1.54, 1.807) is 17.8 Å². The molecule has 9 heteroatoms. The summed E-state index contributed by atoms with van der Waals surface area (Å²) < 4.78 is 5.26. The van der Waals surface area contributed by atoms with Gasteiger partial charge in [0, 0.05) is 25.1 Å². The van der Waals surface area contributed by atoms with Crippen LogP contribution in [0.3, 0.4) is 0 Å². The first-order chi connectivity index (χ1) is 12.9. The van der Waals surface area contributed by atoms with Crippen molar-refractivity contribution in [1.82, 2.24) is 18.7 Å². The molecule has 0 bridgehead atoms. The van der Waals surface area contributed by atoms with Gasteiger partial charge in [0.25, 0.3) is 5.56 Å². The van der Waals surface area contributed by atoms with Crippen LogP contribution >= 0.6 is 15.9 Å². The third kappa shape index (κ3) is 3.73. The molecule has 3 rings (SSSR count). The van der Waals surface area contributed by atoms with Gasteiger partial charge in [0.1, 0.15) is 0 Å². The Morgan fingerprint density at radius 2 is 1.89 bits per heavy atom. The summed E-state index contributed by atoms with van der Waals surface area (Å²) in [5.41, 5.74) is 3.82. The van der Waals surface area contributed by atoms with Crippen LogP contribution in [0.1, 0.15) is 25.3 Å². The van der Waals surface area contributed by atoms with Crippen LogP contribution in [0.15, 0.2) is 43.4 Å². The van der Waals surface area contributed by atoms with E-state index < -0.39 is 5.69 Å². The molecule has 3 aromatic rings. The van der Waals surface area contributed by atoms with Crippen LogP contribution in [0, 0.1) is 0 Å². The smallest absolute Gasteiger partial charge is 0.303 e. The Morgan fingerprint density at radius 3 is 2.56 bits per heavy atom. The zero-order chi connectivity index (χ0) is 19.6. The fraction of sp³-hybridized carbons (Fsp3) is 0.333. The molecule has 1 N–H and O–H groups in total. The predicted octanol–water partition coefficient (Wildman–Crippen LogP) is 2.44. The first-order valence-electron chi connectivity index (χ1n) is 8.65. The third-order valence-electron chi connectivity index (χ3n) is 4.33.